The molecule has 1 fully saturated rings. The molecule has 2 aromatic carbocycles. The molecule has 5 nitrogen and oxygen atoms in total. The molecular formula is C27H35FN4O. The van der Waals surface area contributed by atoms with Gasteiger partial charge in [-0.2, -0.15) is 0 Å². The minimum atomic E-state index is -0.178. The van der Waals surface area contributed by atoms with Crippen molar-refractivity contribution in [2.75, 3.05) is 46.8 Å². The number of nitrogens with one attached hydrogen (secondary N) is 1. The zero-order valence-electron chi connectivity index (χ0n) is 20.0. The Labute approximate surface area is 196 Å². The largest absolute Gasteiger partial charge is 0.351 e. The summed E-state index contributed by atoms with van der Waals surface area (Å²) in [5.74, 6) is -0.192. The average Bonchev–Trinajstić information content (AvgIpc) is 3.13. The van der Waals surface area contributed by atoms with Crippen molar-refractivity contribution in [2.45, 2.75) is 32.2 Å². The maximum Gasteiger partial charge on any atom is 0.251 e. The van der Waals surface area contributed by atoms with Crippen LogP contribution in [0.3, 0.4) is 0 Å². The third-order valence-electron chi connectivity index (χ3n) is 6.69. The van der Waals surface area contributed by atoms with Gasteiger partial charge in [0.05, 0.1) is 0 Å². The van der Waals surface area contributed by atoms with Gasteiger partial charge in [0.2, 0.25) is 0 Å². The monoisotopic (exact) mass is 450 g/mol. The van der Waals surface area contributed by atoms with Crippen molar-refractivity contribution < 1.29 is 9.18 Å². The van der Waals surface area contributed by atoms with Gasteiger partial charge in [0.25, 0.3) is 5.91 Å². The molecule has 176 valence electrons. The van der Waals surface area contributed by atoms with Crippen LogP contribution in [-0.2, 0) is 6.42 Å². The molecule has 0 spiro atoms. The van der Waals surface area contributed by atoms with Crippen molar-refractivity contribution in [3.05, 3.63) is 71.2 Å². The highest BCUT2D eigenvalue weighted by Gasteiger charge is 2.23. The number of benzene rings is 2. The Balaban J connectivity index is 1.40. The number of amides is 1. The molecule has 1 aliphatic heterocycles. The van der Waals surface area contributed by atoms with Crippen LogP contribution >= 0.6 is 0 Å². The van der Waals surface area contributed by atoms with E-state index in [1.165, 1.54) is 28.8 Å². The van der Waals surface area contributed by atoms with Crippen molar-refractivity contribution in [3.63, 3.8) is 0 Å². The molecule has 0 bridgehead atoms. The fourth-order valence-corrected chi connectivity index (χ4v) is 4.82. The lowest BCUT2D eigenvalue weighted by molar-refractivity contribution is 0.0951. The first-order chi connectivity index (χ1) is 15.9. The fourth-order valence-electron chi connectivity index (χ4n) is 4.82. The summed E-state index contributed by atoms with van der Waals surface area (Å²) in [6.07, 6.45) is 3.13. The molecule has 4 rings (SSSR count). The molecule has 1 amide bonds. The molecule has 3 aromatic rings. The number of likely N-dealkylation sites (N-methyl/N-ethyl adjacent to an activating group) is 1. The number of piperidine rings is 1. The number of rotatable bonds is 8. The number of hydrogen-bond donors (Lipinski definition) is 1. The van der Waals surface area contributed by atoms with Crippen LogP contribution in [0.2, 0.25) is 0 Å². The van der Waals surface area contributed by atoms with Crippen LogP contribution in [0, 0.1) is 12.7 Å². The first kappa shape index (κ1) is 23.5. The molecule has 2 heterocycles. The summed E-state index contributed by atoms with van der Waals surface area (Å²) in [4.78, 5) is 17.2. The Bertz CT molecular complexity index is 1080. The molecule has 1 saturated heterocycles. The average molecular weight is 451 g/mol. The molecule has 1 aliphatic rings. The number of carbonyl (C=O) groups excluding carboxylic acids is 1. The molecule has 1 N–H and O–H groups in total. The van der Waals surface area contributed by atoms with Crippen LogP contribution in [-0.4, -0.2) is 67.1 Å². The van der Waals surface area contributed by atoms with Gasteiger partial charge < -0.3 is 19.7 Å². The summed E-state index contributed by atoms with van der Waals surface area (Å²) in [7, 11) is 4.00. The summed E-state index contributed by atoms with van der Waals surface area (Å²) in [6.45, 7) is 6.73. The zero-order chi connectivity index (χ0) is 23.4. The zero-order valence-corrected chi connectivity index (χ0v) is 20.0. The smallest absolute Gasteiger partial charge is 0.251 e. The summed E-state index contributed by atoms with van der Waals surface area (Å²) >= 11 is 0. The maximum atomic E-state index is 13.1. The van der Waals surface area contributed by atoms with Gasteiger partial charge >= 0.3 is 0 Å². The molecule has 0 atom stereocenters. The van der Waals surface area contributed by atoms with Crippen molar-refractivity contribution >= 4 is 16.8 Å². The van der Waals surface area contributed by atoms with Crippen LogP contribution in [0.5, 0.6) is 0 Å². The van der Waals surface area contributed by atoms with Gasteiger partial charge in [-0.1, -0.05) is 18.2 Å². The van der Waals surface area contributed by atoms with Crippen molar-refractivity contribution in [1.82, 2.24) is 19.7 Å². The highest BCUT2D eigenvalue weighted by atomic mass is 19.1. The molecular weight excluding hydrogens is 415 g/mol. The van der Waals surface area contributed by atoms with Crippen LogP contribution < -0.4 is 5.32 Å². The van der Waals surface area contributed by atoms with Gasteiger partial charge in [0, 0.05) is 55.5 Å². The molecule has 0 radical (unpaired) electrons. The van der Waals surface area contributed by atoms with E-state index >= 15 is 0 Å². The predicted octanol–water partition coefficient (Wildman–Crippen LogP) is 4.26. The lowest BCUT2D eigenvalue weighted by Gasteiger charge is -2.34. The van der Waals surface area contributed by atoms with E-state index in [2.05, 4.69) is 38.7 Å². The third-order valence-corrected chi connectivity index (χ3v) is 6.69. The number of aryl methyl sites for hydroxylation is 1. The van der Waals surface area contributed by atoms with Gasteiger partial charge in [-0.15, -0.1) is 0 Å². The van der Waals surface area contributed by atoms with E-state index in [4.69, 9.17) is 0 Å². The van der Waals surface area contributed by atoms with Crippen LogP contribution in [0.4, 0.5) is 4.39 Å². The normalized spacial score (nSPS) is 15.4. The standard InChI is InChI=1S/C27H35FN4O/c1-20-18-22-6-7-23(27(33)29-13-17-30(2)3)19-26(22)32(20)25-11-15-31(16-12-25)14-10-21-4-8-24(28)9-5-21/h4-9,18-19,25H,10-17H2,1-3H3,(H,29,33). The van der Waals surface area contributed by atoms with E-state index < -0.39 is 0 Å². The topological polar surface area (TPSA) is 40.5 Å². The van der Waals surface area contributed by atoms with Gasteiger partial charge in [0.1, 0.15) is 5.82 Å². The van der Waals surface area contributed by atoms with E-state index in [0.29, 0.717) is 12.6 Å². The Morgan fingerprint density at radius 3 is 2.52 bits per heavy atom. The highest BCUT2D eigenvalue weighted by Crippen LogP contribution is 2.31. The summed E-state index contributed by atoms with van der Waals surface area (Å²) in [5.41, 5.74) is 4.30. The van der Waals surface area contributed by atoms with Gasteiger partial charge in [-0.3, -0.25) is 4.79 Å². The van der Waals surface area contributed by atoms with Crippen LogP contribution in [0.15, 0.2) is 48.5 Å². The number of aromatic nitrogens is 1. The second-order valence-electron chi connectivity index (χ2n) is 9.44. The van der Waals surface area contributed by atoms with Gasteiger partial charge in [0.15, 0.2) is 0 Å². The molecule has 1 aromatic heterocycles. The fraction of sp³-hybridized carbons (Fsp3) is 0.444. The molecule has 0 saturated carbocycles. The second kappa shape index (κ2) is 10.5. The number of hydrogen-bond acceptors (Lipinski definition) is 3. The van der Waals surface area contributed by atoms with E-state index in [9.17, 15) is 9.18 Å². The minimum absolute atomic E-state index is 0.0141. The van der Waals surface area contributed by atoms with Crippen molar-refractivity contribution in [3.8, 4) is 0 Å². The minimum Gasteiger partial charge on any atom is -0.351 e. The molecule has 6 heteroatoms. The second-order valence-corrected chi connectivity index (χ2v) is 9.44. The lowest BCUT2D eigenvalue weighted by Crippen LogP contribution is -2.36. The molecule has 0 unspecified atom stereocenters. The van der Waals surface area contributed by atoms with Gasteiger partial charge in [-0.25, -0.2) is 4.39 Å². The van der Waals surface area contributed by atoms with Crippen LogP contribution in [0.1, 0.15) is 40.5 Å². The number of halogens is 1. The first-order valence-corrected chi connectivity index (χ1v) is 11.9. The van der Waals surface area contributed by atoms with E-state index in [0.717, 1.165) is 56.5 Å². The van der Waals surface area contributed by atoms with Gasteiger partial charge in [-0.05, 0) is 81.6 Å². The lowest BCUT2D eigenvalue weighted by atomic mass is 10.0. The summed E-state index contributed by atoms with van der Waals surface area (Å²) in [6, 6.07) is 15.6. The first-order valence-electron chi connectivity index (χ1n) is 11.9. The predicted molar refractivity (Wildman–Crippen MR) is 132 cm³/mol. The molecule has 33 heavy (non-hydrogen) atoms. The van der Waals surface area contributed by atoms with E-state index in [1.807, 2.05) is 38.4 Å². The summed E-state index contributed by atoms with van der Waals surface area (Å²) in [5, 5.41) is 4.21. The Hall–Kier alpha value is -2.70. The highest BCUT2D eigenvalue weighted by molar-refractivity contribution is 5.98. The Morgan fingerprint density at radius 2 is 1.82 bits per heavy atom. The van der Waals surface area contributed by atoms with E-state index in [-0.39, 0.29) is 11.7 Å². The number of likely N-dealkylation sites (tertiary alicyclic amines) is 1. The Morgan fingerprint density at radius 1 is 1.09 bits per heavy atom. The maximum absolute atomic E-state index is 13.1. The van der Waals surface area contributed by atoms with Crippen molar-refractivity contribution in [1.29, 1.82) is 0 Å². The number of carbonyl (C=O) groups is 1. The van der Waals surface area contributed by atoms with E-state index in [1.54, 1.807) is 0 Å². The molecule has 0 aliphatic carbocycles. The Kier molecular flexibility index (Phi) is 7.46. The quantitative estimate of drug-likeness (QED) is 0.558. The number of nitrogens with zero attached hydrogens (tertiary/aromatic N) is 3. The van der Waals surface area contributed by atoms with Crippen molar-refractivity contribution in [2.24, 2.45) is 0 Å². The number of fused-ring (bicyclic) bond motifs is 1. The summed E-state index contributed by atoms with van der Waals surface area (Å²) < 4.78 is 15.6. The third kappa shape index (κ3) is 5.81. The SMILES string of the molecule is Cc1cc2ccc(C(=O)NCCN(C)C)cc2n1C1CCN(CCc2ccc(F)cc2)CC1. The van der Waals surface area contributed by atoms with Crippen LogP contribution in [0.25, 0.3) is 10.9 Å².